The van der Waals surface area contributed by atoms with Crippen LogP contribution < -0.4 is 0 Å². The molecule has 130 valence electrons. The van der Waals surface area contributed by atoms with E-state index in [4.69, 9.17) is 40.5 Å². The van der Waals surface area contributed by atoms with Crippen molar-refractivity contribution in [3.8, 4) is 5.69 Å². The number of unbranched alkanes of at least 4 members (excludes halogenated alkanes) is 3. The summed E-state index contributed by atoms with van der Waals surface area (Å²) < 4.78 is 8.19. The summed E-state index contributed by atoms with van der Waals surface area (Å²) in [6.07, 6.45) is 6.17. The third-order valence-electron chi connectivity index (χ3n) is 4.27. The fraction of sp³-hybridized carbons (Fsp3) is 0.300. The van der Waals surface area contributed by atoms with Crippen LogP contribution in [0.4, 0.5) is 0 Å². The number of hydrogen-bond acceptors (Lipinski definition) is 3. The van der Waals surface area contributed by atoms with Crippen molar-refractivity contribution in [2.45, 2.75) is 39.0 Å². The third-order valence-corrected chi connectivity index (χ3v) is 5.17. The van der Waals surface area contributed by atoms with Crippen LogP contribution in [0.2, 0.25) is 5.02 Å². The van der Waals surface area contributed by atoms with Crippen molar-refractivity contribution in [1.82, 2.24) is 4.57 Å². The molecular formula is C20H20ClNOS2. The van der Waals surface area contributed by atoms with E-state index in [1.165, 1.54) is 31.2 Å². The number of hydrogen-bond donors (Lipinski definition) is 0. The molecular weight excluding hydrogens is 370 g/mol. The molecule has 5 heteroatoms. The molecule has 25 heavy (non-hydrogen) atoms. The van der Waals surface area contributed by atoms with E-state index in [9.17, 15) is 0 Å². The second-order valence-corrected chi connectivity index (χ2v) is 7.30. The molecule has 0 N–H and O–H groups in total. The summed E-state index contributed by atoms with van der Waals surface area (Å²) in [7, 11) is 0. The predicted molar refractivity (Wildman–Crippen MR) is 110 cm³/mol. The van der Waals surface area contributed by atoms with E-state index in [2.05, 4.69) is 31.2 Å². The minimum atomic E-state index is 0.329. The van der Waals surface area contributed by atoms with Gasteiger partial charge in [0.05, 0.1) is 11.1 Å². The van der Waals surface area contributed by atoms with Crippen LogP contribution in [0.5, 0.6) is 0 Å². The van der Waals surface area contributed by atoms with Crippen molar-refractivity contribution in [3.05, 3.63) is 62.5 Å². The van der Waals surface area contributed by atoms with Gasteiger partial charge in [-0.15, -0.1) is 0 Å². The molecule has 2 aromatic carbocycles. The Morgan fingerprint density at radius 1 is 1.00 bits per heavy atom. The highest BCUT2D eigenvalue weighted by molar-refractivity contribution is 7.72. The van der Waals surface area contributed by atoms with Gasteiger partial charge in [0.2, 0.25) is 0 Å². The average Bonchev–Trinajstić information content (AvgIpc) is 2.59. The largest absolute Gasteiger partial charge is 0.430 e. The zero-order chi connectivity index (χ0) is 17.8. The summed E-state index contributed by atoms with van der Waals surface area (Å²) in [4.78, 5) is 0.329. The second-order valence-electron chi connectivity index (χ2n) is 6.13. The van der Waals surface area contributed by atoms with Gasteiger partial charge >= 0.3 is 0 Å². The fourth-order valence-corrected chi connectivity index (χ4v) is 3.75. The van der Waals surface area contributed by atoms with Gasteiger partial charge in [0.15, 0.2) is 0 Å². The van der Waals surface area contributed by atoms with Gasteiger partial charge in [-0.3, -0.25) is 4.57 Å². The van der Waals surface area contributed by atoms with E-state index in [-0.39, 0.29) is 0 Å². The van der Waals surface area contributed by atoms with Crippen molar-refractivity contribution in [2.75, 3.05) is 0 Å². The van der Waals surface area contributed by atoms with Gasteiger partial charge < -0.3 is 4.42 Å². The Kier molecular flexibility index (Phi) is 6.05. The molecule has 0 fully saturated rings. The zero-order valence-corrected chi connectivity index (χ0v) is 16.5. The van der Waals surface area contributed by atoms with Gasteiger partial charge in [-0.2, -0.15) is 0 Å². The van der Waals surface area contributed by atoms with Gasteiger partial charge in [0.1, 0.15) is 10.2 Å². The van der Waals surface area contributed by atoms with Crippen molar-refractivity contribution in [1.29, 1.82) is 0 Å². The molecule has 0 radical (unpaired) electrons. The maximum Gasteiger partial charge on any atom is 0.274 e. The minimum absolute atomic E-state index is 0.329. The predicted octanol–water partition coefficient (Wildman–Crippen LogP) is 7.46. The quantitative estimate of drug-likeness (QED) is 0.322. The van der Waals surface area contributed by atoms with Crippen molar-refractivity contribution in [3.63, 3.8) is 0 Å². The second kappa shape index (κ2) is 8.26. The van der Waals surface area contributed by atoms with Gasteiger partial charge in [0, 0.05) is 11.1 Å². The number of fused-ring (bicyclic) bond motifs is 1. The maximum atomic E-state index is 6.02. The molecule has 0 atom stereocenters. The number of aryl methyl sites for hydroxylation is 1. The molecule has 0 bridgehead atoms. The Morgan fingerprint density at radius 3 is 2.48 bits per heavy atom. The van der Waals surface area contributed by atoms with E-state index in [0.29, 0.717) is 20.1 Å². The molecule has 3 rings (SSSR count). The van der Waals surface area contributed by atoms with Crippen LogP contribution >= 0.6 is 36.0 Å². The van der Waals surface area contributed by atoms with Crippen LogP contribution in [-0.4, -0.2) is 4.57 Å². The van der Waals surface area contributed by atoms with E-state index < -0.39 is 0 Å². The van der Waals surface area contributed by atoms with Crippen LogP contribution in [0.1, 0.15) is 38.2 Å². The molecule has 0 aliphatic heterocycles. The summed E-state index contributed by atoms with van der Waals surface area (Å²) in [5, 5.41) is 1.43. The van der Waals surface area contributed by atoms with Crippen molar-refractivity contribution < 1.29 is 4.42 Å². The van der Waals surface area contributed by atoms with Crippen molar-refractivity contribution >= 4 is 47.0 Å². The van der Waals surface area contributed by atoms with E-state index >= 15 is 0 Å². The van der Waals surface area contributed by atoms with Gasteiger partial charge in [-0.1, -0.05) is 62.1 Å². The topological polar surface area (TPSA) is 18.1 Å². The number of halogens is 1. The normalized spacial score (nSPS) is 11.1. The summed E-state index contributed by atoms with van der Waals surface area (Å²) in [5.74, 6) is 0. The van der Waals surface area contributed by atoms with Crippen LogP contribution in [0.25, 0.3) is 16.7 Å². The summed E-state index contributed by atoms with van der Waals surface area (Å²) in [6.45, 7) is 2.23. The molecule has 1 heterocycles. The minimum Gasteiger partial charge on any atom is -0.430 e. The molecule has 0 aliphatic carbocycles. The lowest BCUT2D eigenvalue weighted by molar-refractivity contribution is 0.537. The van der Waals surface area contributed by atoms with Crippen LogP contribution in [0.3, 0.4) is 0 Å². The fourth-order valence-electron chi connectivity index (χ4n) is 2.89. The SMILES string of the molecule is CCCCCCc1ccc(-n2c(=S)oc3cc(Cl)ccc3c2=S)cc1. The molecule has 0 spiro atoms. The first kappa shape index (κ1) is 18.3. The summed E-state index contributed by atoms with van der Waals surface area (Å²) in [6, 6.07) is 13.8. The van der Waals surface area contributed by atoms with Gasteiger partial charge in [-0.05, 0) is 54.9 Å². The molecule has 0 amide bonds. The van der Waals surface area contributed by atoms with E-state index in [0.717, 1.165) is 17.5 Å². The van der Waals surface area contributed by atoms with E-state index in [1.807, 2.05) is 12.1 Å². The Labute approximate surface area is 163 Å². The lowest BCUT2D eigenvalue weighted by Crippen LogP contribution is -2.00. The van der Waals surface area contributed by atoms with Crippen LogP contribution in [0.15, 0.2) is 46.9 Å². The Morgan fingerprint density at radius 2 is 1.76 bits per heavy atom. The first-order valence-corrected chi connectivity index (χ1v) is 9.74. The van der Waals surface area contributed by atoms with Crippen molar-refractivity contribution in [2.24, 2.45) is 0 Å². The molecule has 1 aromatic heterocycles. The summed E-state index contributed by atoms with van der Waals surface area (Å²) >= 11 is 17.1. The van der Waals surface area contributed by atoms with Gasteiger partial charge in [0.25, 0.3) is 4.84 Å². The summed E-state index contributed by atoms with van der Waals surface area (Å²) in [5.41, 5.74) is 2.88. The lowest BCUT2D eigenvalue weighted by atomic mass is 10.1. The van der Waals surface area contributed by atoms with Crippen LogP contribution in [-0.2, 0) is 6.42 Å². The zero-order valence-electron chi connectivity index (χ0n) is 14.1. The molecule has 0 saturated heterocycles. The maximum absolute atomic E-state index is 6.02. The molecule has 0 aliphatic rings. The molecule has 0 unspecified atom stereocenters. The highest BCUT2D eigenvalue weighted by Crippen LogP contribution is 2.23. The standard InChI is InChI=1S/C20H20ClNOS2/c1-2-3-4-5-6-14-7-10-16(11-8-14)22-19(24)17-12-9-15(21)13-18(17)23-20(22)25/h7-13H,2-6H2,1H3. The lowest BCUT2D eigenvalue weighted by Gasteiger charge is -2.10. The number of rotatable bonds is 6. The monoisotopic (exact) mass is 389 g/mol. The van der Waals surface area contributed by atoms with E-state index in [1.54, 1.807) is 10.6 Å². The molecule has 2 nitrogen and oxygen atoms in total. The number of benzene rings is 2. The van der Waals surface area contributed by atoms with Gasteiger partial charge in [-0.25, -0.2) is 0 Å². The highest BCUT2D eigenvalue weighted by Gasteiger charge is 2.07. The Hall–Kier alpha value is -1.49. The Balaban J connectivity index is 1.93. The Bertz CT molecular complexity index is 989. The highest BCUT2D eigenvalue weighted by atomic mass is 35.5. The first-order valence-electron chi connectivity index (χ1n) is 8.55. The number of nitrogens with zero attached hydrogens (tertiary/aromatic N) is 1. The first-order chi connectivity index (χ1) is 12.1. The third kappa shape index (κ3) is 4.20. The molecule has 3 aromatic rings. The van der Waals surface area contributed by atoms with Crippen LogP contribution in [0, 0.1) is 9.48 Å². The average molecular weight is 390 g/mol. The number of aromatic nitrogens is 1. The smallest absolute Gasteiger partial charge is 0.274 e. The molecule has 0 saturated carbocycles.